The van der Waals surface area contributed by atoms with Crippen LogP contribution in [0.3, 0.4) is 0 Å². The Hall–Kier alpha value is -2.50. The first kappa shape index (κ1) is 17.6. The quantitative estimate of drug-likeness (QED) is 0.621. The molecular weight excluding hydrogens is 282 g/mol. The van der Waals surface area contributed by atoms with Gasteiger partial charge in [-0.05, 0) is 31.5 Å². The first-order chi connectivity index (χ1) is 10.4. The van der Waals surface area contributed by atoms with Crippen molar-refractivity contribution in [3.63, 3.8) is 0 Å². The van der Waals surface area contributed by atoms with E-state index in [2.05, 4.69) is 5.32 Å². The van der Waals surface area contributed by atoms with Crippen molar-refractivity contribution >= 4 is 17.7 Å². The van der Waals surface area contributed by atoms with Crippen molar-refractivity contribution in [2.75, 3.05) is 25.9 Å². The fourth-order valence-electron chi connectivity index (χ4n) is 1.67. The predicted molar refractivity (Wildman–Crippen MR) is 86.1 cm³/mol. The van der Waals surface area contributed by atoms with E-state index in [0.717, 1.165) is 5.56 Å². The van der Waals surface area contributed by atoms with Crippen LogP contribution in [0.4, 0.5) is 10.5 Å². The Morgan fingerprint density at radius 2 is 1.95 bits per heavy atom. The molecule has 6 nitrogen and oxygen atoms in total. The number of rotatable bonds is 6. The second-order valence-electron chi connectivity index (χ2n) is 4.94. The molecule has 0 saturated heterocycles. The molecule has 0 bridgehead atoms. The van der Waals surface area contributed by atoms with Crippen molar-refractivity contribution in [1.29, 1.82) is 0 Å². The van der Waals surface area contributed by atoms with Crippen molar-refractivity contribution < 1.29 is 14.3 Å². The Bertz CT molecular complexity index is 538. The molecule has 120 valence electrons. The molecule has 0 radical (unpaired) electrons. The Labute approximate surface area is 130 Å². The van der Waals surface area contributed by atoms with E-state index in [9.17, 15) is 9.59 Å². The average Bonchev–Trinajstić information content (AvgIpc) is 2.52. The highest BCUT2D eigenvalue weighted by Crippen LogP contribution is 2.06. The summed E-state index contributed by atoms with van der Waals surface area (Å²) in [6, 6.07) is 7.10. The first-order valence-electron chi connectivity index (χ1n) is 7.07. The minimum atomic E-state index is -0.513. The number of ether oxygens (including phenoxy) is 1. The zero-order chi connectivity index (χ0) is 16.5. The van der Waals surface area contributed by atoms with Crippen LogP contribution in [0, 0.1) is 0 Å². The van der Waals surface area contributed by atoms with Gasteiger partial charge in [0.25, 0.3) is 0 Å². The van der Waals surface area contributed by atoms with Gasteiger partial charge in [0.2, 0.25) is 5.91 Å². The van der Waals surface area contributed by atoms with Gasteiger partial charge in [0.05, 0.1) is 0 Å². The summed E-state index contributed by atoms with van der Waals surface area (Å²) in [5.74, 6) is -0.0560. The molecule has 0 aromatic heterocycles. The van der Waals surface area contributed by atoms with Gasteiger partial charge in [0, 0.05) is 31.4 Å². The van der Waals surface area contributed by atoms with Crippen LogP contribution in [0.1, 0.15) is 19.4 Å². The number of carbonyl (C=O) groups is 2. The standard InChI is InChI=1S/C16H23N3O3/c1-4-12(2)15(20)19(3)10-9-18-16(21)22-11-13-5-7-14(17)8-6-13/h4-8H,9-11,17H2,1-3H3,(H,18,21). The summed E-state index contributed by atoms with van der Waals surface area (Å²) in [6.07, 6.45) is 1.24. The summed E-state index contributed by atoms with van der Waals surface area (Å²) in [5, 5.41) is 2.61. The van der Waals surface area contributed by atoms with Crippen LogP contribution in [0.5, 0.6) is 0 Å². The van der Waals surface area contributed by atoms with Crippen molar-refractivity contribution in [3.8, 4) is 0 Å². The number of hydrogen-bond acceptors (Lipinski definition) is 4. The Kier molecular flexibility index (Phi) is 6.95. The summed E-state index contributed by atoms with van der Waals surface area (Å²) in [7, 11) is 1.69. The molecule has 22 heavy (non-hydrogen) atoms. The number of nitrogens with zero attached hydrogens (tertiary/aromatic N) is 1. The molecule has 0 aliphatic carbocycles. The second-order valence-corrected chi connectivity index (χ2v) is 4.94. The lowest BCUT2D eigenvalue weighted by molar-refractivity contribution is -0.125. The van der Waals surface area contributed by atoms with E-state index in [4.69, 9.17) is 10.5 Å². The number of benzene rings is 1. The van der Waals surface area contributed by atoms with Gasteiger partial charge in [-0.15, -0.1) is 0 Å². The number of likely N-dealkylation sites (N-methyl/N-ethyl adjacent to an activating group) is 1. The van der Waals surface area contributed by atoms with Gasteiger partial charge in [0.15, 0.2) is 0 Å². The van der Waals surface area contributed by atoms with Crippen molar-refractivity contribution in [2.24, 2.45) is 0 Å². The Morgan fingerprint density at radius 3 is 2.55 bits per heavy atom. The van der Waals surface area contributed by atoms with E-state index in [1.54, 1.807) is 49.2 Å². The van der Waals surface area contributed by atoms with Gasteiger partial charge >= 0.3 is 6.09 Å². The Morgan fingerprint density at radius 1 is 1.32 bits per heavy atom. The van der Waals surface area contributed by atoms with E-state index in [1.807, 2.05) is 6.92 Å². The highest BCUT2D eigenvalue weighted by atomic mass is 16.5. The molecule has 0 fully saturated rings. The number of alkyl carbamates (subject to hydrolysis) is 1. The van der Waals surface area contributed by atoms with Crippen LogP contribution in [-0.4, -0.2) is 37.0 Å². The molecular formula is C16H23N3O3. The molecule has 2 amide bonds. The molecule has 0 spiro atoms. The number of nitrogens with two attached hydrogens (primary N) is 1. The molecule has 1 aromatic carbocycles. The lowest BCUT2D eigenvalue weighted by atomic mass is 10.2. The molecule has 6 heteroatoms. The highest BCUT2D eigenvalue weighted by Gasteiger charge is 2.10. The predicted octanol–water partition coefficient (Wildman–Crippen LogP) is 1.92. The van der Waals surface area contributed by atoms with Crippen LogP contribution >= 0.6 is 0 Å². The number of amides is 2. The zero-order valence-electron chi connectivity index (χ0n) is 13.3. The van der Waals surface area contributed by atoms with E-state index in [-0.39, 0.29) is 12.5 Å². The molecule has 0 aliphatic heterocycles. The summed E-state index contributed by atoms with van der Waals surface area (Å²) in [6.45, 7) is 4.50. The molecule has 1 rings (SSSR count). The SMILES string of the molecule is CC=C(C)C(=O)N(C)CCNC(=O)OCc1ccc(N)cc1. The van der Waals surface area contributed by atoms with Crippen LogP contribution < -0.4 is 11.1 Å². The highest BCUT2D eigenvalue weighted by molar-refractivity contribution is 5.92. The van der Waals surface area contributed by atoms with E-state index in [0.29, 0.717) is 24.4 Å². The smallest absolute Gasteiger partial charge is 0.407 e. The van der Waals surface area contributed by atoms with Gasteiger partial charge in [-0.1, -0.05) is 18.2 Å². The zero-order valence-corrected chi connectivity index (χ0v) is 13.3. The first-order valence-corrected chi connectivity index (χ1v) is 7.07. The summed E-state index contributed by atoms with van der Waals surface area (Å²) >= 11 is 0. The maximum atomic E-state index is 11.8. The van der Waals surface area contributed by atoms with Gasteiger partial charge in [-0.25, -0.2) is 4.79 Å². The van der Waals surface area contributed by atoms with Crippen LogP contribution in [0.25, 0.3) is 0 Å². The molecule has 0 heterocycles. The lowest BCUT2D eigenvalue weighted by Crippen LogP contribution is -2.36. The number of anilines is 1. The van der Waals surface area contributed by atoms with Crippen LogP contribution in [-0.2, 0) is 16.1 Å². The molecule has 0 atom stereocenters. The summed E-state index contributed by atoms with van der Waals surface area (Å²) < 4.78 is 5.07. The van der Waals surface area contributed by atoms with E-state index < -0.39 is 6.09 Å². The Balaban J connectivity index is 2.26. The number of carbonyl (C=O) groups excluding carboxylic acids is 2. The van der Waals surface area contributed by atoms with E-state index >= 15 is 0 Å². The van der Waals surface area contributed by atoms with Crippen molar-refractivity contribution in [2.45, 2.75) is 20.5 Å². The van der Waals surface area contributed by atoms with Crippen LogP contribution in [0.15, 0.2) is 35.9 Å². The third kappa shape index (κ3) is 5.87. The van der Waals surface area contributed by atoms with Gasteiger partial charge in [-0.2, -0.15) is 0 Å². The summed E-state index contributed by atoms with van der Waals surface area (Å²) in [4.78, 5) is 24.9. The molecule has 3 N–H and O–H groups in total. The third-order valence-corrected chi connectivity index (χ3v) is 3.18. The number of hydrogen-bond donors (Lipinski definition) is 2. The molecule has 0 unspecified atom stereocenters. The second kappa shape index (κ2) is 8.71. The fourth-order valence-corrected chi connectivity index (χ4v) is 1.67. The van der Waals surface area contributed by atoms with Gasteiger partial charge in [-0.3, -0.25) is 4.79 Å². The number of nitrogen functional groups attached to an aromatic ring is 1. The van der Waals surface area contributed by atoms with Crippen LogP contribution in [0.2, 0.25) is 0 Å². The topological polar surface area (TPSA) is 84.7 Å². The van der Waals surface area contributed by atoms with Crippen molar-refractivity contribution in [1.82, 2.24) is 10.2 Å². The third-order valence-electron chi connectivity index (χ3n) is 3.18. The largest absolute Gasteiger partial charge is 0.445 e. The maximum absolute atomic E-state index is 11.8. The minimum absolute atomic E-state index is 0.0560. The lowest BCUT2D eigenvalue weighted by Gasteiger charge is -2.17. The maximum Gasteiger partial charge on any atom is 0.407 e. The molecule has 0 aliphatic rings. The summed E-state index contributed by atoms with van der Waals surface area (Å²) in [5.41, 5.74) is 7.78. The van der Waals surface area contributed by atoms with Gasteiger partial charge in [0.1, 0.15) is 6.61 Å². The number of allylic oxidation sites excluding steroid dienone is 1. The molecule has 0 saturated carbocycles. The number of nitrogens with one attached hydrogen (secondary N) is 1. The molecule has 1 aromatic rings. The fraction of sp³-hybridized carbons (Fsp3) is 0.375. The minimum Gasteiger partial charge on any atom is -0.445 e. The van der Waals surface area contributed by atoms with Gasteiger partial charge < -0.3 is 20.7 Å². The monoisotopic (exact) mass is 305 g/mol. The average molecular weight is 305 g/mol. The van der Waals surface area contributed by atoms with E-state index in [1.165, 1.54) is 0 Å². The van der Waals surface area contributed by atoms with Crippen molar-refractivity contribution in [3.05, 3.63) is 41.5 Å². The normalized spacial score (nSPS) is 11.0.